The van der Waals surface area contributed by atoms with Gasteiger partial charge in [0, 0.05) is 49.9 Å². The molecule has 4 rings (SSSR count). The molecule has 1 aliphatic heterocycles. The monoisotopic (exact) mass is 437 g/mol. The van der Waals surface area contributed by atoms with Crippen LogP contribution >= 0.6 is 0 Å². The number of anilines is 1. The normalized spacial score (nSPS) is 19.3. The number of aryl methyl sites for hydroxylation is 3. The molecule has 0 bridgehead atoms. The molecule has 9 heteroatoms. The molecule has 0 radical (unpaired) electrons. The second-order valence-corrected chi connectivity index (χ2v) is 8.71. The molecule has 3 aromatic heterocycles. The van der Waals surface area contributed by atoms with Crippen molar-refractivity contribution in [2.75, 3.05) is 25.0 Å². The highest BCUT2D eigenvalue weighted by Crippen LogP contribution is 2.23. The summed E-state index contributed by atoms with van der Waals surface area (Å²) in [7, 11) is 0. The summed E-state index contributed by atoms with van der Waals surface area (Å²) in [6.45, 7) is 12.7. The van der Waals surface area contributed by atoms with Gasteiger partial charge in [-0.25, -0.2) is 14.6 Å². The Kier molecular flexibility index (Phi) is 6.38. The van der Waals surface area contributed by atoms with Gasteiger partial charge in [0.15, 0.2) is 17.4 Å². The molecule has 9 nitrogen and oxygen atoms in total. The minimum Gasteiger partial charge on any atom is -0.458 e. The zero-order valence-electron chi connectivity index (χ0n) is 19.3. The van der Waals surface area contributed by atoms with Crippen LogP contribution in [0.25, 0.3) is 17.4 Å². The Morgan fingerprint density at radius 3 is 2.53 bits per heavy atom. The number of aromatic nitrogens is 4. The van der Waals surface area contributed by atoms with Crippen LogP contribution in [0.3, 0.4) is 0 Å². The largest absolute Gasteiger partial charge is 0.458 e. The van der Waals surface area contributed by atoms with Gasteiger partial charge in [-0.3, -0.25) is 9.69 Å². The van der Waals surface area contributed by atoms with Crippen LogP contribution < -0.4 is 10.6 Å². The maximum absolute atomic E-state index is 12.7. The zero-order chi connectivity index (χ0) is 22.8. The number of hydrogen-bond donors (Lipinski definition) is 2. The Bertz CT molecular complexity index is 1090. The van der Waals surface area contributed by atoms with Crippen molar-refractivity contribution in [2.45, 2.75) is 53.1 Å². The molecule has 1 saturated heterocycles. The molecule has 0 aliphatic carbocycles. The van der Waals surface area contributed by atoms with Gasteiger partial charge < -0.3 is 15.1 Å². The van der Waals surface area contributed by atoms with Gasteiger partial charge >= 0.3 is 0 Å². The highest BCUT2D eigenvalue weighted by molar-refractivity contribution is 5.90. The van der Waals surface area contributed by atoms with Crippen LogP contribution in [0.2, 0.25) is 0 Å². The maximum Gasteiger partial charge on any atom is 0.226 e. The zero-order valence-corrected chi connectivity index (χ0v) is 19.3. The summed E-state index contributed by atoms with van der Waals surface area (Å²) in [6, 6.07) is 8.26. The summed E-state index contributed by atoms with van der Waals surface area (Å²) in [6.07, 6.45) is 0.397. The van der Waals surface area contributed by atoms with Crippen molar-refractivity contribution in [2.24, 2.45) is 0 Å². The van der Waals surface area contributed by atoms with Crippen molar-refractivity contribution in [3.63, 3.8) is 0 Å². The third-order valence-corrected chi connectivity index (χ3v) is 5.46. The molecule has 1 aliphatic rings. The van der Waals surface area contributed by atoms with E-state index in [1.807, 2.05) is 39.0 Å². The van der Waals surface area contributed by atoms with Crippen molar-refractivity contribution in [3.05, 3.63) is 41.4 Å². The fourth-order valence-electron chi connectivity index (χ4n) is 4.22. The highest BCUT2D eigenvalue weighted by atomic mass is 16.3. The molecule has 1 amide bonds. The van der Waals surface area contributed by atoms with Crippen LogP contribution in [-0.2, 0) is 4.79 Å². The van der Waals surface area contributed by atoms with Gasteiger partial charge in [-0.2, -0.15) is 5.10 Å². The van der Waals surface area contributed by atoms with E-state index in [0.717, 1.165) is 30.2 Å². The standard InChI is InChI=1S/C23H31N7O2/c1-14-10-17(4)30(28-14)21-11-20(26-23(27-21)19-7-6-18(5)32-19)25-22(31)8-9-29-12-15(2)24-16(3)13-29/h6-7,10-11,15-16,24H,8-9,12-13H2,1-5H3,(H,25,26,27,31)/t15-,16+. The molecule has 32 heavy (non-hydrogen) atoms. The van der Waals surface area contributed by atoms with E-state index in [0.29, 0.717) is 48.3 Å². The predicted molar refractivity (Wildman–Crippen MR) is 123 cm³/mol. The number of carbonyl (C=O) groups excluding carboxylic acids is 1. The topological polar surface area (TPSA) is 101 Å². The van der Waals surface area contributed by atoms with Gasteiger partial charge in [-0.1, -0.05) is 0 Å². The lowest BCUT2D eigenvalue weighted by Crippen LogP contribution is -2.54. The first-order valence-electron chi connectivity index (χ1n) is 11.0. The fraction of sp³-hybridized carbons (Fsp3) is 0.478. The minimum absolute atomic E-state index is 0.0802. The molecule has 2 N–H and O–H groups in total. The van der Waals surface area contributed by atoms with E-state index >= 15 is 0 Å². The molecule has 0 aromatic carbocycles. The lowest BCUT2D eigenvalue weighted by molar-refractivity contribution is -0.116. The second-order valence-electron chi connectivity index (χ2n) is 8.71. The quantitative estimate of drug-likeness (QED) is 0.611. The summed E-state index contributed by atoms with van der Waals surface area (Å²) in [5.41, 5.74) is 1.84. The smallest absolute Gasteiger partial charge is 0.226 e. The number of carbonyl (C=O) groups is 1. The van der Waals surface area contributed by atoms with Crippen molar-refractivity contribution < 1.29 is 9.21 Å². The number of piperazine rings is 1. The predicted octanol–water partition coefficient (Wildman–Crippen LogP) is 2.86. The summed E-state index contributed by atoms with van der Waals surface area (Å²) in [4.78, 5) is 24.2. The molecule has 4 heterocycles. The molecule has 170 valence electrons. The van der Waals surface area contributed by atoms with E-state index < -0.39 is 0 Å². The second kappa shape index (κ2) is 9.22. The lowest BCUT2D eigenvalue weighted by Gasteiger charge is -2.35. The first kappa shape index (κ1) is 22.2. The van der Waals surface area contributed by atoms with Crippen molar-refractivity contribution in [1.82, 2.24) is 30.0 Å². The molecule has 3 aromatic rings. The van der Waals surface area contributed by atoms with E-state index in [2.05, 4.69) is 44.4 Å². The number of furan rings is 1. The number of nitrogens with one attached hydrogen (secondary N) is 2. The average Bonchev–Trinajstić information content (AvgIpc) is 3.30. The van der Waals surface area contributed by atoms with Gasteiger partial charge in [-0.15, -0.1) is 0 Å². The number of rotatable bonds is 6. The molecule has 0 spiro atoms. The lowest BCUT2D eigenvalue weighted by atomic mass is 10.1. The Morgan fingerprint density at radius 2 is 1.91 bits per heavy atom. The Morgan fingerprint density at radius 1 is 1.16 bits per heavy atom. The van der Waals surface area contributed by atoms with Crippen LogP contribution in [0.4, 0.5) is 5.82 Å². The Balaban J connectivity index is 1.54. The van der Waals surface area contributed by atoms with E-state index in [9.17, 15) is 4.79 Å². The van der Waals surface area contributed by atoms with Crippen LogP contribution in [-0.4, -0.2) is 62.3 Å². The van der Waals surface area contributed by atoms with Crippen molar-refractivity contribution in [3.8, 4) is 17.4 Å². The van der Waals surface area contributed by atoms with Crippen molar-refractivity contribution in [1.29, 1.82) is 0 Å². The highest BCUT2D eigenvalue weighted by Gasteiger charge is 2.21. The minimum atomic E-state index is -0.0802. The average molecular weight is 438 g/mol. The summed E-state index contributed by atoms with van der Waals surface area (Å²) in [5.74, 6) is 2.65. The SMILES string of the molecule is Cc1cc(C)n(-c2cc(NC(=O)CCN3C[C@@H](C)N[C@@H](C)C3)nc(-c3ccc(C)o3)n2)n1. The first-order chi connectivity index (χ1) is 15.3. The van der Waals surface area contributed by atoms with E-state index in [1.165, 1.54) is 0 Å². The molecular formula is C23H31N7O2. The summed E-state index contributed by atoms with van der Waals surface area (Å²) in [5, 5.41) is 11.0. The van der Waals surface area contributed by atoms with Gasteiger partial charge in [0.25, 0.3) is 0 Å². The molecule has 2 atom stereocenters. The van der Waals surface area contributed by atoms with Gasteiger partial charge in [0.2, 0.25) is 5.91 Å². The van der Waals surface area contributed by atoms with Crippen LogP contribution in [0.1, 0.15) is 37.4 Å². The summed E-state index contributed by atoms with van der Waals surface area (Å²) < 4.78 is 7.47. The molecule has 0 saturated carbocycles. The first-order valence-corrected chi connectivity index (χ1v) is 11.0. The van der Waals surface area contributed by atoms with Gasteiger partial charge in [-0.05, 0) is 52.8 Å². The van der Waals surface area contributed by atoms with E-state index in [4.69, 9.17) is 4.42 Å². The third-order valence-electron chi connectivity index (χ3n) is 5.46. The molecule has 1 fully saturated rings. The third kappa shape index (κ3) is 5.23. The number of nitrogens with zero attached hydrogens (tertiary/aromatic N) is 5. The van der Waals surface area contributed by atoms with Gasteiger partial charge in [0.1, 0.15) is 11.6 Å². The van der Waals surface area contributed by atoms with Gasteiger partial charge in [0.05, 0.1) is 5.69 Å². The number of hydrogen-bond acceptors (Lipinski definition) is 7. The maximum atomic E-state index is 12.7. The van der Waals surface area contributed by atoms with Crippen LogP contribution in [0, 0.1) is 20.8 Å². The van der Waals surface area contributed by atoms with Crippen LogP contribution in [0.15, 0.2) is 28.7 Å². The molecular weight excluding hydrogens is 406 g/mol. The van der Waals surface area contributed by atoms with E-state index in [-0.39, 0.29) is 5.91 Å². The Labute approximate surface area is 188 Å². The Hall–Kier alpha value is -3.04. The fourth-order valence-corrected chi connectivity index (χ4v) is 4.22. The van der Waals surface area contributed by atoms with E-state index in [1.54, 1.807) is 10.7 Å². The molecule has 0 unspecified atom stereocenters. The number of amides is 1. The van der Waals surface area contributed by atoms with Crippen LogP contribution in [0.5, 0.6) is 0 Å². The summed E-state index contributed by atoms with van der Waals surface area (Å²) >= 11 is 0. The van der Waals surface area contributed by atoms with Crippen molar-refractivity contribution >= 4 is 11.7 Å².